The molecular formula is C26H28ClN3O3. The van der Waals surface area contributed by atoms with Gasteiger partial charge in [0.15, 0.2) is 0 Å². The highest BCUT2D eigenvalue weighted by Crippen LogP contribution is 2.33. The summed E-state index contributed by atoms with van der Waals surface area (Å²) in [6, 6.07) is 12.2. The number of nitrogens with one attached hydrogen (secondary N) is 2. The summed E-state index contributed by atoms with van der Waals surface area (Å²) in [7, 11) is 0. The van der Waals surface area contributed by atoms with E-state index in [9.17, 15) is 5.21 Å². The van der Waals surface area contributed by atoms with E-state index in [0.717, 1.165) is 77.2 Å². The Morgan fingerprint density at radius 3 is 2.58 bits per heavy atom. The third-order valence-corrected chi connectivity index (χ3v) is 7.37. The standard InChI is InChI=1S/C26H28ClN3O3/c27-21-6-4-17(5-7-21)25-22-13-19-15-28-30(24-3-1-2-10-33-24)23(19)14-20(22)16-29(31)26(25)18-8-11-32-12-9-18/h4-7,13-16,18,24,28-29H,1-3,8-12H2. The van der Waals surface area contributed by atoms with Crippen molar-refractivity contribution >= 4 is 35.3 Å². The van der Waals surface area contributed by atoms with E-state index in [1.165, 1.54) is 0 Å². The van der Waals surface area contributed by atoms with Crippen LogP contribution in [0.1, 0.15) is 43.2 Å². The summed E-state index contributed by atoms with van der Waals surface area (Å²) in [4.78, 5) is 0. The number of benzene rings is 2. The van der Waals surface area contributed by atoms with E-state index in [4.69, 9.17) is 21.1 Å². The van der Waals surface area contributed by atoms with Crippen molar-refractivity contribution in [1.82, 2.24) is 5.43 Å². The molecule has 0 radical (unpaired) electrons. The molecule has 2 aromatic rings. The van der Waals surface area contributed by atoms with E-state index in [1.54, 1.807) is 0 Å². The van der Waals surface area contributed by atoms with Crippen LogP contribution in [0, 0.1) is 11.1 Å². The van der Waals surface area contributed by atoms with Crippen molar-refractivity contribution in [3.8, 4) is 0 Å². The Kier molecular flexibility index (Phi) is 5.64. The van der Waals surface area contributed by atoms with Gasteiger partial charge in [-0.2, -0.15) is 0 Å². The average molecular weight is 466 g/mol. The number of allylic oxidation sites excluding steroid dienone is 1. The number of anilines is 1. The Morgan fingerprint density at radius 1 is 1.00 bits per heavy atom. The van der Waals surface area contributed by atoms with Gasteiger partial charge in [0.2, 0.25) is 0 Å². The molecule has 0 aromatic heterocycles. The first-order valence-electron chi connectivity index (χ1n) is 11.8. The molecule has 33 heavy (non-hydrogen) atoms. The molecule has 4 aliphatic rings. The van der Waals surface area contributed by atoms with Gasteiger partial charge < -0.3 is 25.2 Å². The molecule has 2 saturated heterocycles. The summed E-state index contributed by atoms with van der Waals surface area (Å²) in [5.41, 5.74) is 8.53. The van der Waals surface area contributed by atoms with Crippen LogP contribution in [0.5, 0.6) is 0 Å². The fraction of sp³-hybridized carbons (Fsp3) is 0.385. The monoisotopic (exact) mass is 465 g/mol. The van der Waals surface area contributed by atoms with Gasteiger partial charge in [-0.25, -0.2) is 0 Å². The first kappa shape index (κ1) is 21.2. The molecule has 2 unspecified atom stereocenters. The highest BCUT2D eigenvalue weighted by Gasteiger charge is 2.32. The number of hydrogen-bond donors (Lipinski definition) is 2. The molecule has 0 spiro atoms. The largest absolute Gasteiger partial charge is 0.624 e. The van der Waals surface area contributed by atoms with Crippen molar-refractivity contribution in [2.75, 3.05) is 24.8 Å². The minimum absolute atomic E-state index is 0.0117. The van der Waals surface area contributed by atoms with Gasteiger partial charge in [-0.1, -0.05) is 23.7 Å². The summed E-state index contributed by atoms with van der Waals surface area (Å²) >= 11 is 6.19. The fourth-order valence-corrected chi connectivity index (χ4v) is 5.59. The maximum absolute atomic E-state index is 13.5. The van der Waals surface area contributed by atoms with Gasteiger partial charge >= 0.3 is 0 Å². The van der Waals surface area contributed by atoms with Crippen LogP contribution in [-0.4, -0.2) is 26.0 Å². The zero-order chi connectivity index (χ0) is 22.4. The van der Waals surface area contributed by atoms with Crippen LogP contribution in [0.3, 0.4) is 0 Å². The molecule has 0 bridgehead atoms. The molecule has 0 amide bonds. The van der Waals surface area contributed by atoms with Gasteiger partial charge in [0.1, 0.15) is 18.1 Å². The number of nitrogens with zero attached hydrogens (tertiary/aromatic N) is 1. The number of hydrogen-bond acceptors (Lipinski definition) is 5. The second-order valence-electron chi connectivity index (χ2n) is 9.15. The van der Waals surface area contributed by atoms with Gasteiger partial charge in [-0.15, -0.1) is 0 Å². The Bertz CT molecular complexity index is 1200. The van der Waals surface area contributed by atoms with E-state index in [-0.39, 0.29) is 17.2 Å². The van der Waals surface area contributed by atoms with E-state index in [1.807, 2.05) is 36.7 Å². The first-order valence-corrected chi connectivity index (χ1v) is 12.2. The Hall–Kier alpha value is -2.35. The van der Waals surface area contributed by atoms with Crippen molar-refractivity contribution in [1.29, 1.82) is 0 Å². The second-order valence-corrected chi connectivity index (χ2v) is 9.59. The van der Waals surface area contributed by atoms with Crippen LogP contribution >= 0.6 is 11.6 Å². The average Bonchev–Trinajstić information content (AvgIpc) is 3.26. The normalized spacial score (nSPS) is 25.1. The zero-order valence-electron chi connectivity index (χ0n) is 18.5. The predicted molar refractivity (Wildman–Crippen MR) is 129 cm³/mol. The number of ether oxygens (including phenoxy) is 2. The number of hydrazine groups is 1. The second kappa shape index (κ2) is 8.78. The Balaban J connectivity index is 1.50. The molecule has 2 N–H and O–H groups in total. The zero-order valence-corrected chi connectivity index (χ0v) is 19.2. The lowest BCUT2D eigenvalue weighted by Gasteiger charge is -2.35. The smallest absolute Gasteiger partial charge is 0.148 e. The van der Waals surface area contributed by atoms with E-state index in [2.05, 4.69) is 22.6 Å². The van der Waals surface area contributed by atoms with Crippen molar-refractivity contribution < 1.29 is 14.5 Å². The van der Waals surface area contributed by atoms with Crippen molar-refractivity contribution in [3.63, 3.8) is 0 Å². The van der Waals surface area contributed by atoms with Gasteiger partial charge in [0.25, 0.3) is 0 Å². The molecule has 4 aliphatic heterocycles. The van der Waals surface area contributed by atoms with Gasteiger partial charge in [0.05, 0.1) is 5.69 Å². The topological polar surface area (TPSA) is 61.2 Å². The quantitative estimate of drug-likeness (QED) is 0.681. The van der Waals surface area contributed by atoms with Crippen LogP contribution in [-0.2, 0) is 9.47 Å². The molecule has 6 rings (SSSR count). The molecule has 2 fully saturated rings. The lowest BCUT2D eigenvalue weighted by Crippen LogP contribution is -3.02. The molecule has 172 valence electrons. The highest BCUT2D eigenvalue weighted by atomic mass is 35.5. The van der Waals surface area contributed by atoms with Crippen LogP contribution in [0.25, 0.3) is 18.0 Å². The summed E-state index contributed by atoms with van der Waals surface area (Å²) in [6.45, 7) is 2.17. The van der Waals surface area contributed by atoms with E-state index < -0.39 is 0 Å². The maximum Gasteiger partial charge on any atom is 0.148 e. The van der Waals surface area contributed by atoms with E-state index >= 15 is 0 Å². The molecular weight excluding hydrogens is 438 g/mol. The highest BCUT2D eigenvalue weighted by molar-refractivity contribution is 6.30. The number of fused-ring (bicyclic) bond motifs is 2. The fourth-order valence-electron chi connectivity index (χ4n) is 5.46. The number of rotatable bonds is 3. The van der Waals surface area contributed by atoms with E-state index in [0.29, 0.717) is 18.2 Å². The molecule has 0 saturated carbocycles. The summed E-state index contributed by atoms with van der Waals surface area (Å²) in [5, 5.41) is 18.5. The number of halogens is 1. The molecule has 0 aliphatic carbocycles. The third kappa shape index (κ3) is 3.86. The molecule has 6 nitrogen and oxygen atoms in total. The lowest BCUT2D eigenvalue weighted by atomic mass is 9.84. The Labute approximate surface area is 198 Å². The third-order valence-electron chi connectivity index (χ3n) is 7.11. The van der Waals surface area contributed by atoms with Crippen molar-refractivity contribution in [3.05, 3.63) is 73.9 Å². The van der Waals surface area contributed by atoms with Crippen LogP contribution in [0.4, 0.5) is 5.69 Å². The van der Waals surface area contributed by atoms with Gasteiger partial charge in [-0.3, -0.25) is 5.01 Å². The van der Waals surface area contributed by atoms with Gasteiger partial charge in [-0.05, 0) is 61.9 Å². The van der Waals surface area contributed by atoms with Crippen molar-refractivity contribution in [2.24, 2.45) is 5.92 Å². The number of quaternary nitrogens is 1. The van der Waals surface area contributed by atoms with Crippen LogP contribution in [0.15, 0.2) is 42.1 Å². The summed E-state index contributed by atoms with van der Waals surface area (Å²) in [6.07, 6.45) is 8.86. The van der Waals surface area contributed by atoms with Crippen LogP contribution in [0.2, 0.25) is 5.02 Å². The van der Waals surface area contributed by atoms with Crippen molar-refractivity contribution in [2.45, 2.75) is 38.3 Å². The van der Waals surface area contributed by atoms with Crippen LogP contribution < -0.4 is 25.9 Å². The SMILES string of the molecule is [O-][NH+]1C=c2cc3c(cc2C(c2ccc(Cl)cc2)=C1C1CCOCC1)=CNN3C1CCCCO1. The molecule has 2 aromatic carbocycles. The molecule has 4 heterocycles. The molecule has 2 atom stereocenters. The predicted octanol–water partition coefficient (Wildman–Crippen LogP) is 2.25. The maximum atomic E-state index is 13.5. The number of hydroxylamine groups is 2. The van der Waals surface area contributed by atoms with Gasteiger partial charge in [0, 0.05) is 58.5 Å². The summed E-state index contributed by atoms with van der Waals surface area (Å²) < 4.78 is 11.6. The lowest BCUT2D eigenvalue weighted by molar-refractivity contribution is -0.719. The first-order chi connectivity index (χ1) is 16.2. The summed E-state index contributed by atoms with van der Waals surface area (Å²) in [5.74, 6) is 0.198. The molecule has 7 heteroatoms. The minimum Gasteiger partial charge on any atom is -0.624 e. The Morgan fingerprint density at radius 2 is 1.82 bits per heavy atom. The minimum atomic E-state index is 0.0117.